The van der Waals surface area contributed by atoms with Crippen LogP contribution < -0.4 is 0 Å². The Morgan fingerprint density at radius 1 is 1.32 bits per heavy atom. The predicted molar refractivity (Wildman–Crippen MR) is 76.9 cm³/mol. The molecule has 0 amide bonds. The van der Waals surface area contributed by atoms with Crippen LogP contribution in [0.3, 0.4) is 0 Å². The van der Waals surface area contributed by atoms with Crippen molar-refractivity contribution in [2.45, 2.75) is 59.1 Å². The molecule has 0 bridgehead atoms. The van der Waals surface area contributed by atoms with Gasteiger partial charge in [0.25, 0.3) is 0 Å². The standard InChI is InChI=1S/C16H27NO2/c1-12-7-5-9-14(12)17-10-6-8-13(11-17)19-15(18)16(2,3)4/h6,8,12-14H,5,7,9-11H2,1-4H3. The molecule has 3 atom stereocenters. The minimum Gasteiger partial charge on any atom is -0.456 e. The third kappa shape index (κ3) is 3.59. The first-order chi connectivity index (χ1) is 8.88. The zero-order valence-electron chi connectivity index (χ0n) is 12.7. The Kier molecular flexibility index (Phi) is 4.34. The predicted octanol–water partition coefficient (Wildman–Crippen LogP) is 3.00. The third-order valence-electron chi connectivity index (χ3n) is 4.26. The second kappa shape index (κ2) is 5.66. The summed E-state index contributed by atoms with van der Waals surface area (Å²) < 4.78 is 5.61. The van der Waals surface area contributed by atoms with E-state index in [2.05, 4.69) is 17.9 Å². The van der Waals surface area contributed by atoms with E-state index in [1.54, 1.807) is 0 Å². The minimum atomic E-state index is -0.420. The van der Waals surface area contributed by atoms with Gasteiger partial charge in [-0.05, 0) is 45.6 Å². The average Bonchev–Trinajstić information content (AvgIpc) is 2.74. The lowest BCUT2D eigenvalue weighted by Crippen LogP contribution is -2.45. The number of rotatable bonds is 2. The lowest BCUT2D eigenvalue weighted by Gasteiger charge is -2.36. The summed E-state index contributed by atoms with van der Waals surface area (Å²) in [6.45, 7) is 9.90. The molecule has 2 rings (SSSR count). The number of esters is 1. The quantitative estimate of drug-likeness (QED) is 0.568. The van der Waals surface area contributed by atoms with Crippen molar-refractivity contribution in [3.8, 4) is 0 Å². The van der Waals surface area contributed by atoms with E-state index in [1.807, 2.05) is 26.8 Å². The van der Waals surface area contributed by atoms with Crippen molar-refractivity contribution in [2.24, 2.45) is 11.3 Å². The third-order valence-corrected chi connectivity index (χ3v) is 4.26. The Bertz CT molecular complexity index is 356. The molecule has 108 valence electrons. The Hall–Kier alpha value is -0.830. The fourth-order valence-electron chi connectivity index (χ4n) is 3.04. The normalized spacial score (nSPS) is 32.5. The summed E-state index contributed by atoms with van der Waals surface area (Å²) in [5.41, 5.74) is -0.420. The highest BCUT2D eigenvalue weighted by Crippen LogP contribution is 2.30. The van der Waals surface area contributed by atoms with E-state index in [0.717, 1.165) is 19.0 Å². The molecule has 0 saturated heterocycles. The second-order valence-electron chi connectivity index (χ2n) is 7.05. The van der Waals surface area contributed by atoms with Gasteiger partial charge in [-0.3, -0.25) is 9.69 Å². The van der Waals surface area contributed by atoms with E-state index < -0.39 is 5.41 Å². The maximum Gasteiger partial charge on any atom is 0.311 e. The zero-order valence-corrected chi connectivity index (χ0v) is 12.7. The first-order valence-electron chi connectivity index (χ1n) is 7.49. The molecule has 1 heterocycles. The van der Waals surface area contributed by atoms with E-state index in [4.69, 9.17) is 4.74 Å². The van der Waals surface area contributed by atoms with Crippen molar-refractivity contribution < 1.29 is 9.53 Å². The van der Waals surface area contributed by atoms with Crippen LogP contribution in [0.2, 0.25) is 0 Å². The SMILES string of the molecule is CC1CCCC1N1CC=CC(OC(=O)C(C)(C)C)C1. The molecule has 3 nitrogen and oxygen atoms in total. The van der Waals surface area contributed by atoms with Crippen LogP contribution in [-0.4, -0.2) is 36.1 Å². The van der Waals surface area contributed by atoms with Crippen LogP contribution in [0.4, 0.5) is 0 Å². The van der Waals surface area contributed by atoms with Crippen molar-refractivity contribution in [1.29, 1.82) is 0 Å². The smallest absolute Gasteiger partial charge is 0.311 e. The van der Waals surface area contributed by atoms with Crippen molar-refractivity contribution in [3.05, 3.63) is 12.2 Å². The molecule has 19 heavy (non-hydrogen) atoms. The van der Waals surface area contributed by atoms with Crippen LogP contribution in [0, 0.1) is 11.3 Å². The molecule has 1 saturated carbocycles. The molecule has 0 aromatic heterocycles. The fraction of sp³-hybridized carbons (Fsp3) is 0.812. The summed E-state index contributed by atoms with van der Waals surface area (Å²) in [6, 6.07) is 0.667. The lowest BCUT2D eigenvalue weighted by atomic mass is 9.97. The molecule has 0 aromatic carbocycles. The van der Waals surface area contributed by atoms with Crippen LogP contribution in [0.5, 0.6) is 0 Å². The highest BCUT2D eigenvalue weighted by molar-refractivity contribution is 5.75. The van der Waals surface area contributed by atoms with E-state index in [-0.39, 0.29) is 12.1 Å². The second-order valence-corrected chi connectivity index (χ2v) is 7.05. The van der Waals surface area contributed by atoms with Gasteiger partial charge in [0.05, 0.1) is 5.41 Å². The molecule has 2 aliphatic rings. The molecular formula is C16H27NO2. The number of ether oxygens (including phenoxy) is 1. The highest BCUT2D eigenvalue weighted by Gasteiger charge is 2.33. The maximum atomic E-state index is 12.0. The topological polar surface area (TPSA) is 29.5 Å². The Labute approximate surface area is 117 Å². The molecule has 3 unspecified atom stereocenters. The van der Waals surface area contributed by atoms with Gasteiger partial charge in [-0.1, -0.05) is 19.4 Å². The van der Waals surface area contributed by atoms with Crippen molar-refractivity contribution in [2.75, 3.05) is 13.1 Å². The number of hydrogen-bond donors (Lipinski definition) is 0. The van der Waals surface area contributed by atoms with Crippen LogP contribution in [0.1, 0.15) is 47.0 Å². The molecule has 0 spiro atoms. The van der Waals surface area contributed by atoms with Crippen LogP contribution >= 0.6 is 0 Å². The van der Waals surface area contributed by atoms with Gasteiger partial charge in [0.15, 0.2) is 0 Å². The zero-order chi connectivity index (χ0) is 14.0. The van der Waals surface area contributed by atoms with Gasteiger partial charge < -0.3 is 4.74 Å². The van der Waals surface area contributed by atoms with Crippen LogP contribution in [0.25, 0.3) is 0 Å². The summed E-state index contributed by atoms with van der Waals surface area (Å²) >= 11 is 0. The molecule has 1 fully saturated rings. The number of carbonyl (C=O) groups is 1. The number of nitrogens with zero attached hydrogens (tertiary/aromatic N) is 1. The first-order valence-corrected chi connectivity index (χ1v) is 7.49. The molecule has 3 heteroatoms. The van der Waals surface area contributed by atoms with E-state index in [0.29, 0.717) is 6.04 Å². The van der Waals surface area contributed by atoms with Gasteiger partial charge in [-0.15, -0.1) is 0 Å². The van der Waals surface area contributed by atoms with E-state index >= 15 is 0 Å². The van der Waals surface area contributed by atoms with E-state index in [1.165, 1.54) is 19.3 Å². The number of carbonyl (C=O) groups excluding carboxylic acids is 1. The summed E-state index contributed by atoms with van der Waals surface area (Å²) in [4.78, 5) is 14.4. The summed E-state index contributed by atoms with van der Waals surface area (Å²) in [5, 5.41) is 0. The van der Waals surface area contributed by atoms with Gasteiger partial charge in [0.2, 0.25) is 0 Å². The highest BCUT2D eigenvalue weighted by atomic mass is 16.5. The lowest BCUT2D eigenvalue weighted by molar-refractivity contribution is -0.157. The van der Waals surface area contributed by atoms with Crippen molar-refractivity contribution in [1.82, 2.24) is 4.90 Å². The Morgan fingerprint density at radius 3 is 2.63 bits per heavy atom. The van der Waals surface area contributed by atoms with Gasteiger partial charge >= 0.3 is 5.97 Å². The van der Waals surface area contributed by atoms with Gasteiger partial charge in [0, 0.05) is 19.1 Å². The summed E-state index contributed by atoms with van der Waals surface area (Å²) in [5.74, 6) is 0.661. The molecule has 0 aromatic rings. The molecule has 1 aliphatic heterocycles. The fourth-order valence-corrected chi connectivity index (χ4v) is 3.04. The van der Waals surface area contributed by atoms with Gasteiger partial charge in [-0.2, -0.15) is 0 Å². The van der Waals surface area contributed by atoms with Crippen LogP contribution in [0.15, 0.2) is 12.2 Å². The number of hydrogen-bond acceptors (Lipinski definition) is 3. The van der Waals surface area contributed by atoms with Crippen molar-refractivity contribution in [3.63, 3.8) is 0 Å². The maximum absolute atomic E-state index is 12.0. The Morgan fingerprint density at radius 2 is 2.05 bits per heavy atom. The van der Waals surface area contributed by atoms with Crippen LogP contribution in [-0.2, 0) is 9.53 Å². The molecule has 0 N–H and O–H groups in total. The average molecular weight is 265 g/mol. The van der Waals surface area contributed by atoms with Gasteiger partial charge in [0.1, 0.15) is 6.10 Å². The molecule has 1 aliphatic carbocycles. The molecule has 0 radical (unpaired) electrons. The monoisotopic (exact) mass is 265 g/mol. The molecular weight excluding hydrogens is 238 g/mol. The summed E-state index contributed by atoms with van der Waals surface area (Å²) in [7, 11) is 0. The Balaban J connectivity index is 1.92. The first kappa shape index (κ1) is 14.6. The van der Waals surface area contributed by atoms with Crippen molar-refractivity contribution >= 4 is 5.97 Å². The largest absolute Gasteiger partial charge is 0.456 e. The van der Waals surface area contributed by atoms with E-state index in [9.17, 15) is 4.79 Å². The van der Waals surface area contributed by atoms with Gasteiger partial charge in [-0.25, -0.2) is 0 Å². The summed E-state index contributed by atoms with van der Waals surface area (Å²) in [6.07, 6.45) is 8.06. The minimum absolute atomic E-state index is 0.0757.